The maximum absolute atomic E-state index is 13.2. The van der Waals surface area contributed by atoms with E-state index in [9.17, 15) is 9.59 Å². The Balaban J connectivity index is 1.42. The standard InChI is InChI=1S/C29H29N5O3/c1-34-27-24(32-26(35)13-15-37-2)16-21(17-25(27)33-28(34)19-8-4-3-5-9-19)29(36)30-14-12-20-18-31-23-11-7-6-10-22(20)23/h3-11,16-18,31H,12-15H2,1-2H3,(H,30,36)(H,32,35). The number of aromatic amines is 1. The van der Waals surface area contributed by atoms with Gasteiger partial charge in [-0.25, -0.2) is 4.98 Å². The summed E-state index contributed by atoms with van der Waals surface area (Å²) in [6.07, 6.45) is 2.89. The smallest absolute Gasteiger partial charge is 0.251 e. The molecule has 0 atom stereocenters. The van der Waals surface area contributed by atoms with Gasteiger partial charge in [0.15, 0.2) is 0 Å². The predicted octanol–water partition coefficient (Wildman–Crippen LogP) is 4.67. The monoisotopic (exact) mass is 495 g/mol. The number of nitrogens with one attached hydrogen (secondary N) is 3. The first-order valence-electron chi connectivity index (χ1n) is 12.2. The molecule has 5 rings (SSSR count). The van der Waals surface area contributed by atoms with E-state index in [4.69, 9.17) is 9.72 Å². The van der Waals surface area contributed by atoms with Gasteiger partial charge < -0.3 is 24.9 Å². The number of hydrogen-bond donors (Lipinski definition) is 3. The average Bonchev–Trinajstić information content (AvgIpc) is 3.49. The van der Waals surface area contributed by atoms with Crippen LogP contribution >= 0.6 is 0 Å². The van der Waals surface area contributed by atoms with Crippen LogP contribution in [-0.2, 0) is 23.0 Å². The summed E-state index contributed by atoms with van der Waals surface area (Å²) in [4.78, 5) is 33.8. The van der Waals surface area contributed by atoms with Crippen LogP contribution in [0.3, 0.4) is 0 Å². The number of rotatable bonds is 9. The maximum atomic E-state index is 13.2. The first-order chi connectivity index (χ1) is 18.0. The number of anilines is 1. The lowest BCUT2D eigenvalue weighted by Crippen LogP contribution is -2.26. The second kappa shape index (κ2) is 10.7. The third-order valence-corrected chi connectivity index (χ3v) is 6.43. The zero-order chi connectivity index (χ0) is 25.8. The Labute approximate surface area is 214 Å². The average molecular weight is 496 g/mol. The van der Waals surface area contributed by atoms with E-state index in [1.807, 2.05) is 66.3 Å². The molecule has 0 radical (unpaired) electrons. The highest BCUT2D eigenvalue weighted by Gasteiger charge is 2.18. The SMILES string of the molecule is COCCC(=O)Nc1cc(C(=O)NCCc2c[nH]c3ccccc23)cc2nc(-c3ccccc3)n(C)c12. The number of H-pyrrole nitrogens is 1. The summed E-state index contributed by atoms with van der Waals surface area (Å²) in [6, 6.07) is 21.4. The molecule has 0 unspecified atom stereocenters. The number of nitrogens with zero attached hydrogens (tertiary/aromatic N) is 2. The Morgan fingerprint density at radius 1 is 1.05 bits per heavy atom. The van der Waals surface area contributed by atoms with E-state index in [1.165, 1.54) is 0 Å². The number of amides is 2. The minimum absolute atomic E-state index is 0.192. The molecule has 0 aliphatic carbocycles. The van der Waals surface area contributed by atoms with Crippen molar-refractivity contribution in [1.82, 2.24) is 19.9 Å². The molecule has 2 heterocycles. The van der Waals surface area contributed by atoms with Gasteiger partial charge in [0.2, 0.25) is 5.91 Å². The number of carbonyl (C=O) groups excluding carboxylic acids is 2. The molecule has 8 heteroatoms. The van der Waals surface area contributed by atoms with Crippen LogP contribution in [0.2, 0.25) is 0 Å². The first kappa shape index (κ1) is 24.3. The van der Waals surface area contributed by atoms with Crippen molar-refractivity contribution in [3.8, 4) is 11.4 Å². The fourth-order valence-electron chi connectivity index (χ4n) is 4.58. The Hall–Kier alpha value is -4.43. The van der Waals surface area contributed by atoms with Crippen molar-refractivity contribution < 1.29 is 14.3 Å². The zero-order valence-corrected chi connectivity index (χ0v) is 20.9. The van der Waals surface area contributed by atoms with Gasteiger partial charge in [0, 0.05) is 48.9 Å². The molecule has 37 heavy (non-hydrogen) atoms. The number of carbonyl (C=O) groups is 2. The van der Waals surface area contributed by atoms with E-state index in [1.54, 1.807) is 19.2 Å². The number of para-hydroxylation sites is 1. The molecule has 3 aromatic carbocycles. The molecule has 3 N–H and O–H groups in total. The van der Waals surface area contributed by atoms with Crippen LogP contribution in [0.5, 0.6) is 0 Å². The summed E-state index contributed by atoms with van der Waals surface area (Å²) < 4.78 is 6.98. The fraction of sp³-hybridized carbons (Fsp3) is 0.207. The number of aryl methyl sites for hydroxylation is 1. The molecule has 0 aliphatic heterocycles. The highest BCUT2D eigenvalue weighted by Crippen LogP contribution is 2.30. The Morgan fingerprint density at radius 2 is 1.84 bits per heavy atom. The van der Waals surface area contributed by atoms with Crippen molar-refractivity contribution in [2.75, 3.05) is 25.6 Å². The number of ether oxygens (including phenoxy) is 1. The Kier molecular flexibility index (Phi) is 7.00. The van der Waals surface area contributed by atoms with E-state index in [0.717, 1.165) is 33.4 Å². The molecule has 0 saturated heterocycles. The van der Waals surface area contributed by atoms with Crippen LogP contribution in [0.1, 0.15) is 22.3 Å². The van der Waals surface area contributed by atoms with Crippen LogP contribution in [0, 0.1) is 0 Å². The summed E-state index contributed by atoms with van der Waals surface area (Å²) in [6.45, 7) is 0.787. The zero-order valence-electron chi connectivity index (χ0n) is 20.9. The molecule has 8 nitrogen and oxygen atoms in total. The molecule has 0 bridgehead atoms. The Morgan fingerprint density at radius 3 is 2.65 bits per heavy atom. The van der Waals surface area contributed by atoms with Gasteiger partial charge in [-0.2, -0.15) is 0 Å². The normalized spacial score (nSPS) is 11.2. The third kappa shape index (κ3) is 5.10. The van der Waals surface area contributed by atoms with Gasteiger partial charge in [-0.3, -0.25) is 9.59 Å². The number of fused-ring (bicyclic) bond motifs is 2. The van der Waals surface area contributed by atoms with E-state index in [0.29, 0.717) is 36.3 Å². The number of aromatic nitrogens is 3. The van der Waals surface area contributed by atoms with Gasteiger partial charge in [0.25, 0.3) is 5.91 Å². The fourth-order valence-corrected chi connectivity index (χ4v) is 4.58. The van der Waals surface area contributed by atoms with Crippen molar-refractivity contribution in [1.29, 1.82) is 0 Å². The maximum Gasteiger partial charge on any atom is 0.251 e. The minimum atomic E-state index is -0.221. The van der Waals surface area contributed by atoms with Crippen LogP contribution in [0.15, 0.2) is 72.9 Å². The highest BCUT2D eigenvalue weighted by atomic mass is 16.5. The minimum Gasteiger partial charge on any atom is -0.384 e. The summed E-state index contributed by atoms with van der Waals surface area (Å²) in [5.74, 6) is 0.337. The molecular weight excluding hydrogens is 466 g/mol. The molecule has 2 aromatic heterocycles. The van der Waals surface area contributed by atoms with Gasteiger partial charge in [-0.15, -0.1) is 0 Å². The number of benzene rings is 3. The lowest BCUT2D eigenvalue weighted by atomic mass is 10.1. The van der Waals surface area contributed by atoms with Crippen molar-refractivity contribution in [3.05, 3.63) is 84.1 Å². The van der Waals surface area contributed by atoms with E-state index >= 15 is 0 Å². The van der Waals surface area contributed by atoms with Gasteiger partial charge in [-0.1, -0.05) is 48.5 Å². The molecule has 0 aliphatic rings. The summed E-state index contributed by atoms with van der Waals surface area (Å²) in [5, 5.41) is 7.12. The lowest BCUT2D eigenvalue weighted by Gasteiger charge is -2.11. The first-order valence-corrected chi connectivity index (χ1v) is 12.2. The molecule has 5 aromatic rings. The number of methoxy groups -OCH3 is 1. The highest BCUT2D eigenvalue weighted by molar-refractivity contribution is 6.06. The molecule has 0 fully saturated rings. The van der Waals surface area contributed by atoms with Crippen molar-refractivity contribution >= 4 is 39.4 Å². The topological polar surface area (TPSA) is 101 Å². The number of hydrogen-bond acceptors (Lipinski definition) is 4. The van der Waals surface area contributed by atoms with Crippen molar-refractivity contribution in [2.45, 2.75) is 12.8 Å². The second-order valence-electron chi connectivity index (χ2n) is 8.91. The van der Waals surface area contributed by atoms with E-state index < -0.39 is 0 Å². The van der Waals surface area contributed by atoms with Crippen LogP contribution in [-0.4, -0.2) is 46.6 Å². The second-order valence-corrected chi connectivity index (χ2v) is 8.91. The van der Waals surface area contributed by atoms with Crippen LogP contribution < -0.4 is 10.6 Å². The molecule has 2 amide bonds. The quantitative estimate of drug-likeness (QED) is 0.277. The molecule has 0 spiro atoms. The lowest BCUT2D eigenvalue weighted by molar-refractivity contribution is -0.117. The van der Waals surface area contributed by atoms with E-state index in [2.05, 4.69) is 21.7 Å². The van der Waals surface area contributed by atoms with Crippen LogP contribution in [0.4, 0.5) is 5.69 Å². The number of imidazole rings is 1. The molecular formula is C29H29N5O3. The predicted molar refractivity (Wildman–Crippen MR) is 146 cm³/mol. The summed E-state index contributed by atoms with van der Waals surface area (Å²) in [7, 11) is 3.46. The third-order valence-electron chi connectivity index (χ3n) is 6.43. The van der Waals surface area contributed by atoms with Crippen molar-refractivity contribution in [2.24, 2.45) is 7.05 Å². The van der Waals surface area contributed by atoms with Crippen LogP contribution in [0.25, 0.3) is 33.3 Å². The van der Waals surface area contributed by atoms with Gasteiger partial charge >= 0.3 is 0 Å². The summed E-state index contributed by atoms with van der Waals surface area (Å²) >= 11 is 0. The molecule has 188 valence electrons. The van der Waals surface area contributed by atoms with Gasteiger partial charge in [0.1, 0.15) is 5.82 Å². The van der Waals surface area contributed by atoms with E-state index in [-0.39, 0.29) is 18.2 Å². The van der Waals surface area contributed by atoms with Gasteiger partial charge in [0.05, 0.1) is 29.7 Å². The largest absolute Gasteiger partial charge is 0.384 e. The van der Waals surface area contributed by atoms with Gasteiger partial charge in [-0.05, 0) is 30.2 Å². The molecule has 0 saturated carbocycles. The Bertz CT molecular complexity index is 1570. The van der Waals surface area contributed by atoms with Crippen molar-refractivity contribution in [3.63, 3.8) is 0 Å². The summed E-state index contributed by atoms with van der Waals surface area (Å²) in [5.41, 5.74) is 5.53.